The Kier molecular flexibility index (Phi) is 7.82. The summed E-state index contributed by atoms with van der Waals surface area (Å²) < 4.78 is 15.9. The molecule has 0 aliphatic heterocycles. The number of rotatable bonds is 9. The zero-order chi connectivity index (χ0) is 23.8. The van der Waals surface area contributed by atoms with E-state index >= 15 is 0 Å². The second kappa shape index (κ2) is 11.0. The van der Waals surface area contributed by atoms with Gasteiger partial charge in [0.05, 0.1) is 0 Å². The van der Waals surface area contributed by atoms with Gasteiger partial charge in [-0.2, -0.15) is 0 Å². The maximum Gasteiger partial charge on any atom is 0.338 e. The number of hydrogen-bond acceptors (Lipinski definition) is 5. The third-order valence-electron chi connectivity index (χ3n) is 4.73. The second-order valence-corrected chi connectivity index (χ2v) is 7.56. The van der Waals surface area contributed by atoms with E-state index in [9.17, 15) is 9.59 Å². The SMILES string of the molecule is C=C(C)C(=O)OCCOc1ccc(-c2cccc(-c3ccc(OC(=O)C(=C)C)cc3)c2)cc1. The van der Waals surface area contributed by atoms with E-state index < -0.39 is 11.9 Å². The summed E-state index contributed by atoms with van der Waals surface area (Å²) in [6.45, 7) is 10.8. The molecular formula is C28H26O5. The van der Waals surface area contributed by atoms with Crippen LogP contribution in [0.15, 0.2) is 97.1 Å². The molecule has 0 fully saturated rings. The van der Waals surface area contributed by atoms with E-state index in [1.165, 1.54) is 0 Å². The zero-order valence-corrected chi connectivity index (χ0v) is 18.8. The van der Waals surface area contributed by atoms with Crippen LogP contribution in [0.3, 0.4) is 0 Å². The van der Waals surface area contributed by atoms with Gasteiger partial charge in [0, 0.05) is 11.1 Å². The van der Waals surface area contributed by atoms with Gasteiger partial charge in [0.2, 0.25) is 0 Å². The number of benzene rings is 3. The van der Waals surface area contributed by atoms with Crippen LogP contribution >= 0.6 is 0 Å². The van der Waals surface area contributed by atoms with Crippen molar-refractivity contribution in [1.82, 2.24) is 0 Å². The summed E-state index contributed by atoms with van der Waals surface area (Å²) >= 11 is 0. The molecule has 3 aromatic rings. The van der Waals surface area contributed by atoms with Crippen LogP contribution in [-0.4, -0.2) is 25.2 Å². The Morgan fingerprint density at radius 1 is 0.667 bits per heavy atom. The lowest BCUT2D eigenvalue weighted by molar-refractivity contribution is -0.139. The van der Waals surface area contributed by atoms with Crippen molar-refractivity contribution in [2.45, 2.75) is 13.8 Å². The van der Waals surface area contributed by atoms with Crippen LogP contribution in [0.25, 0.3) is 22.3 Å². The molecule has 0 unspecified atom stereocenters. The summed E-state index contributed by atoms with van der Waals surface area (Å²) in [5.74, 6) is 0.315. The molecule has 0 saturated carbocycles. The van der Waals surface area contributed by atoms with E-state index in [1.54, 1.807) is 26.0 Å². The van der Waals surface area contributed by atoms with Crippen molar-refractivity contribution in [2.24, 2.45) is 0 Å². The maximum absolute atomic E-state index is 11.7. The Bertz CT molecular complexity index is 1160. The molecule has 0 aliphatic carbocycles. The van der Waals surface area contributed by atoms with Gasteiger partial charge in [0.15, 0.2) is 0 Å². The summed E-state index contributed by atoms with van der Waals surface area (Å²) in [7, 11) is 0. The lowest BCUT2D eigenvalue weighted by Gasteiger charge is -2.10. The molecule has 5 nitrogen and oxygen atoms in total. The minimum absolute atomic E-state index is 0.167. The first-order valence-corrected chi connectivity index (χ1v) is 10.5. The molecule has 168 valence electrons. The number of hydrogen-bond donors (Lipinski definition) is 0. The van der Waals surface area contributed by atoms with E-state index in [1.807, 2.05) is 54.6 Å². The van der Waals surface area contributed by atoms with Gasteiger partial charge in [-0.1, -0.05) is 55.6 Å². The van der Waals surface area contributed by atoms with E-state index in [0.717, 1.165) is 22.3 Å². The van der Waals surface area contributed by atoms with Crippen molar-refractivity contribution >= 4 is 11.9 Å². The van der Waals surface area contributed by atoms with E-state index in [4.69, 9.17) is 14.2 Å². The Morgan fingerprint density at radius 2 is 1.18 bits per heavy atom. The first kappa shape index (κ1) is 23.5. The normalized spacial score (nSPS) is 10.2. The largest absolute Gasteiger partial charge is 0.490 e. The summed E-state index contributed by atoms with van der Waals surface area (Å²) in [4.78, 5) is 23.0. The third-order valence-corrected chi connectivity index (χ3v) is 4.73. The van der Waals surface area contributed by atoms with Crippen LogP contribution < -0.4 is 9.47 Å². The van der Waals surface area contributed by atoms with Crippen molar-refractivity contribution < 1.29 is 23.8 Å². The number of carbonyl (C=O) groups is 2. The van der Waals surface area contributed by atoms with Gasteiger partial charge < -0.3 is 14.2 Å². The lowest BCUT2D eigenvalue weighted by Crippen LogP contribution is -2.12. The molecule has 0 radical (unpaired) electrons. The topological polar surface area (TPSA) is 61.8 Å². The summed E-state index contributed by atoms with van der Waals surface area (Å²) in [5.41, 5.74) is 4.89. The molecule has 3 aromatic carbocycles. The first-order valence-electron chi connectivity index (χ1n) is 10.5. The minimum Gasteiger partial charge on any atom is -0.490 e. The molecule has 0 spiro atoms. The second-order valence-electron chi connectivity index (χ2n) is 7.56. The van der Waals surface area contributed by atoms with Gasteiger partial charge in [-0.3, -0.25) is 0 Å². The molecule has 0 amide bonds. The molecule has 0 saturated heterocycles. The van der Waals surface area contributed by atoms with Gasteiger partial charge in [0.25, 0.3) is 0 Å². The van der Waals surface area contributed by atoms with Crippen LogP contribution in [0, 0.1) is 0 Å². The molecule has 5 heteroatoms. The van der Waals surface area contributed by atoms with Crippen molar-refractivity contribution in [3.05, 3.63) is 97.1 Å². The van der Waals surface area contributed by atoms with Crippen LogP contribution in [0.2, 0.25) is 0 Å². The van der Waals surface area contributed by atoms with E-state index in [-0.39, 0.29) is 13.2 Å². The molecular weight excluding hydrogens is 416 g/mol. The fourth-order valence-corrected chi connectivity index (χ4v) is 2.95. The number of carbonyl (C=O) groups excluding carboxylic acids is 2. The molecule has 0 aromatic heterocycles. The lowest BCUT2D eigenvalue weighted by atomic mass is 9.99. The Balaban J connectivity index is 1.63. The van der Waals surface area contributed by atoms with Crippen LogP contribution in [-0.2, 0) is 14.3 Å². The predicted molar refractivity (Wildman–Crippen MR) is 129 cm³/mol. The van der Waals surface area contributed by atoms with Crippen molar-refractivity contribution in [1.29, 1.82) is 0 Å². The maximum atomic E-state index is 11.7. The Labute approximate surface area is 193 Å². The molecule has 0 bridgehead atoms. The van der Waals surface area contributed by atoms with Crippen molar-refractivity contribution in [3.63, 3.8) is 0 Å². The van der Waals surface area contributed by atoms with Crippen molar-refractivity contribution in [2.75, 3.05) is 13.2 Å². The highest BCUT2D eigenvalue weighted by molar-refractivity contribution is 5.89. The van der Waals surface area contributed by atoms with E-state index in [2.05, 4.69) is 19.2 Å². The quantitative estimate of drug-likeness (QED) is 0.176. The first-order chi connectivity index (χ1) is 15.8. The smallest absolute Gasteiger partial charge is 0.338 e. The Morgan fingerprint density at radius 3 is 1.70 bits per heavy atom. The zero-order valence-electron chi connectivity index (χ0n) is 18.8. The third kappa shape index (κ3) is 6.68. The average Bonchev–Trinajstić information content (AvgIpc) is 2.82. The minimum atomic E-state index is -0.440. The highest BCUT2D eigenvalue weighted by Gasteiger charge is 2.07. The molecule has 33 heavy (non-hydrogen) atoms. The van der Waals surface area contributed by atoms with Gasteiger partial charge >= 0.3 is 11.9 Å². The van der Waals surface area contributed by atoms with Gasteiger partial charge in [0.1, 0.15) is 24.7 Å². The predicted octanol–water partition coefficient (Wildman–Crippen LogP) is 6.00. The highest BCUT2D eigenvalue weighted by Crippen LogP contribution is 2.29. The van der Waals surface area contributed by atoms with Crippen LogP contribution in [0.5, 0.6) is 11.5 Å². The molecule has 0 N–H and O–H groups in total. The van der Waals surface area contributed by atoms with Crippen molar-refractivity contribution in [3.8, 4) is 33.8 Å². The number of esters is 2. The molecule has 0 aliphatic rings. The average molecular weight is 443 g/mol. The molecule has 0 heterocycles. The van der Waals surface area contributed by atoms with Crippen LogP contribution in [0.1, 0.15) is 13.8 Å². The van der Waals surface area contributed by atoms with Crippen LogP contribution in [0.4, 0.5) is 0 Å². The summed E-state index contributed by atoms with van der Waals surface area (Å²) in [6, 6.07) is 23.3. The summed E-state index contributed by atoms with van der Waals surface area (Å²) in [5, 5.41) is 0. The summed E-state index contributed by atoms with van der Waals surface area (Å²) in [6.07, 6.45) is 0. The van der Waals surface area contributed by atoms with Gasteiger partial charge in [-0.05, 0) is 66.4 Å². The monoisotopic (exact) mass is 442 g/mol. The fourth-order valence-electron chi connectivity index (χ4n) is 2.95. The molecule has 3 rings (SSSR count). The highest BCUT2D eigenvalue weighted by atomic mass is 16.6. The van der Waals surface area contributed by atoms with Gasteiger partial charge in [-0.25, -0.2) is 9.59 Å². The fraction of sp³-hybridized carbons (Fsp3) is 0.143. The Hall–Kier alpha value is -4.12. The number of ether oxygens (including phenoxy) is 3. The molecule has 0 atom stereocenters. The van der Waals surface area contributed by atoms with Gasteiger partial charge in [-0.15, -0.1) is 0 Å². The standard InChI is InChI=1S/C28H26O5/c1-19(2)27(29)32-17-16-31-25-12-8-21(9-13-25)23-6-5-7-24(18-23)22-10-14-26(15-11-22)33-28(30)20(3)4/h5-15,18H,1,3,16-17H2,2,4H3. The van der Waals surface area contributed by atoms with E-state index in [0.29, 0.717) is 22.6 Å².